The Labute approximate surface area is 165 Å². The third-order valence-electron chi connectivity index (χ3n) is 3.79. The van der Waals surface area contributed by atoms with Crippen LogP contribution in [0.25, 0.3) is 6.08 Å². The van der Waals surface area contributed by atoms with Crippen LogP contribution in [0.3, 0.4) is 0 Å². The molecule has 1 aromatic carbocycles. The Morgan fingerprint density at radius 2 is 2.15 bits per heavy atom. The van der Waals surface area contributed by atoms with Crippen LogP contribution in [0.2, 0.25) is 5.02 Å². The van der Waals surface area contributed by atoms with Crippen LogP contribution in [-0.4, -0.2) is 43.6 Å². The van der Waals surface area contributed by atoms with E-state index in [1.165, 1.54) is 11.0 Å². The normalized spacial score (nSPS) is 12.8. The van der Waals surface area contributed by atoms with E-state index in [0.717, 1.165) is 5.56 Å². The Bertz CT molecular complexity index is 850. The van der Waals surface area contributed by atoms with E-state index in [0.29, 0.717) is 41.8 Å². The summed E-state index contributed by atoms with van der Waals surface area (Å²) in [6.45, 7) is 1.06. The Hall–Kier alpha value is -2.51. The standard InChI is InChI=1S/C19H18ClNO5S/c1-21(10-14-4-7-27-12-14)17(22)11-26-18(23)3-2-13-8-15(20)19-16(9-13)24-5-6-25-19/h2-4,7-9,12H,5-6,10-11H2,1H3/b3-2+. The number of benzene rings is 1. The summed E-state index contributed by atoms with van der Waals surface area (Å²) in [5.41, 5.74) is 1.71. The van der Waals surface area contributed by atoms with Gasteiger partial charge in [0, 0.05) is 19.7 Å². The Balaban J connectivity index is 1.51. The van der Waals surface area contributed by atoms with Crippen molar-refractivity contribution in [2.75, 3.05) is 26.9 Å². The SMILES string of the molecule is CN(Cc1ccsc1)C(=O)COC(=O)/C=C/c1cc(Cl)c2c(c1)OCCO2. The zero-order valence-corrected chi connectivity index (χ0v) is 16.2. The molecule has 2 heterocycles. The maximum atomic E-state index is 12.0. The zero-order chi connectivity index (χ0) is 19.2. The lowest BCUT2D eigenvalue weighted by Gasteiger charge is -2.19. The van der Waals surface area contributed by atoms with Gasteiger partial charge in [0.15, 0.2) is 18.1 Å². The number of hydrogen-bond acceptors (Lipinski definition) is 6. The zero-order valence-electron chi connectivity index (χ0n) is 14.6. The lowest BCUT2D eigenvalue weighted by atomic mass is 10.2. The lowest BCUT2D eigenvalue weighted by molar-refractivity contribution is -0.147. The van der Waals surface area contributed by atoms with E-state index < -0.39 is 5.97 Å². The van der Waals surface area contributed by atoms with E-state index in [2.05, 4.69) is 0 Å². The summed E-state index contributed by atoms with van der Waals surface area (Å²) in [5.74, 6) is 0.150. The second-order valence-electron chi connectivity index (χ2n) is 5.85. The molecule has 0 fully saturated rings. The number of thiophene rings is 1. The molecule has 1 aliphatic heterocycles. The van der Waals surface area contributed by atoms with Gasteiger partial charge >= 0.3 is 5.97 Å². The van der Waals surface area contributed by atoms with Crippen LogP contribution in [0.15, 0.2) is 35.0 Å². The van der Waals surface area contributed by atoms with Gasteiger partial charge in [0.05, 0.1) is 5.02 Å². The number of halogens is 1. The summed E-state index contributed by atoms with van der Waals surface area (Å²) >= 11 is 7.72. The fourth-order valence-electron chi connectivity index (χ4n) is 2.43. The third-order valence-corrected chi connectivity index (χ3v) is 4.81. The van der Waals surface area contributed by atoms with Crippen molar-refractivity contribution in [2.45, 2.75) is 6.54 Å². The van der Waals surface area contributed by atoms with Crippen molar-refractivity contribution in [1.82, 2.24) is 4.90 Å². The molecule has 1 aromatic heterocycles. The molecule has 6 nitrogen and oxygen atoms in total. The first kappa shape index (κ1) is 19.3. The summed E-state index contributed by atoms with van der Waals surface area (Å²) in [6.07, 6.45) is 2.79. The largest absolute Gasteiger partial charge is 0.486 e. The fraction of sp³-hybridized carbons (Fsp3) is 0.263. The van der Waals surface area contributed by atoms with Gasteiger partial charge in [-0.25, -0.2) is 4.79 Å². The van der Waals surface area contributed by atoms with Gasteiger partial charge in [-0.15, -0.1) is 0 Å². The molecular formula is C19H18ClNO5S. The number of esters is 1. The van der Waals surface area contributed by atoms with Crippen molar-refractivity contribution >= 4 is 40.9 Å². The molecule has 0 bridgehead atoms. The number of amides is 1. The van der Waals surface area contributed by atoms with E-state index in [1.807, 2.05) is 16.8 Å². The van der Waals surface area contributed by atoms with E-state index >= 15 is 0 Å². The van der Waals surface area contributed by atoms with Crippen molar-refractivity contribution in [3.8, 4) is 11.5 Å². The van der Waals surface area contributed by atoms with Crippen LogP contribution in [-0.2, 0) is 20.9 Å². The smallest absolute Gasteiger partial charge is 0.331 e. The predicted octanol–water partition coefficient (Wildman–Crippen LogP) is 3.39. The molecule has 0 radical (unpaired) electrons. The molecule has 0 atom stereocenters. The van der Waals surface area contributed by atoms with E-state index in [-0.39, 0.29) is 12.5 Å². The van der Waals surface area contributed by atoms with Crippen LogP contribution < -0.4 is 9.47 Å². The molecule has 0 saturated carbocycles. The summed E-state index contributed by atoms with van der Waals surface area (Å²) in [5, 5.41) is 4.32. The minimum atomic E-state index is -0.613. The molecule has 2 aromatic rings. The first-order chi connectivity index (χ1) is 13.0. The second-order valence-corrected chi connectivity index (χ2v) is 7.04. The predicted molar refractivity (Wildman–Crippen MR) is 103 cm³/mol. The van der Waals surface area contributed by atoms with Crippen molar-refractivity contribution in [3.63, 3.8) is 0 Å². The number of carbonyl (C=O) groups excluding carboxylic acids is 2. The molecule has 0 saturated heterocycles. The number of carbonyl (C=O) groups is 2. The number of likely N-dealkylation sites (N-methyl/N-ethyl adjacent to an activating group) is 1. The van der Waals surface area contributed by atoms with Gasteiger partial charge in [-0.3, -0.25) is 4.79 Å². The van der Waals surface area contributed by atoms with Gasteiger partial charge < -0.3 is 19.1 Å². The maximum absolute atomic E-state index is 12.0. The highest BCUT2D eigenvalue weighted by Crippen LogP contribution is 2.38. The highest BCUT2D eigenvalue weighted by Gasteiger charge is 2.16. The van der Waals surface area contributed by atoms with Crippen LogP contribution >= 0.6 is 22.9 Å². The summed E-state index contributed by atoms with van der Waals surface area (Å²) < 4.78 is 15.9. The average molecular weight is 408 g/mol. The van der Waals surface area contributed by atoms with Crippen LogP contribution in [0, 0.1) is 0 Å². The van der Waals surface area contributed by atoms with Gasteiger partial charge in [0.1, 0.15) is 13.2 Å². The quantitative estimate of drug-likeness (QED) is 0.542. The van der Waals surface area contributed by atoms with Crippen molar-refractivity contribution < 1.29 is 23.8 Å². The molecule has 0 unspecified atom stereocenters. The fourth-order valence-corrected chi connectivity index (χ4v) is 3.36. The van der Waals surface area contributed by atoms with Gasteiger partial charge in [-0.2, -0.15) is 11.3 Å². The molecule has 1 aliphatic rings. The van der Waals surface area contributed by atoms with Crippen molar-refractivity contribution in [1.29, 1.82) is 0 Å². The second kappa shape index (κ2) is 8.92. The highest BCUT2D eigenvalue weighted by molar-refractivity contribution is 7.07. The molecule has 27 heavy (non-hydrogen) atoms. The average Bonchev–Trinajstić information content (AvgIpc) is 3.17. The minimum Gasteiger partial charge on any atom is -0.486 e. The molecular weight excluding hydrogens is 390 g/mol. The number of fused-ring (bicyclic) bond motifs is 1. The van der Waals surface area contributed by atoms with Crippen LogP contribution in [0.5, 0.6) is 11.5 Å². The van der Waals surface area contributed by atoms with E-state index in [1.54, 1.807) is 36.6 Å². The van der Waals surface area contributed by atoms with E-state index in [9.17, 15) is 9.59 Å². The van der Waals surface area contributed by atoms with Gasteiger partial charge in [-0.05, 0) is 46.2 Å². The molecule has 142 valence electrons. The summed E-state index contributed by atoms with van der Waals surface area (Å²) in [7, 11) is 1.67. The monoisotopic (exact) mass is 407 g/mol. The lowest BCUT2D eigenvalue weighted by Crippen LogP contribution is -2.30. The molecule has 0 aliphatic carbocycles. The number of hydrogen-bond donors (Lipinski definition) is 0. The molecule has 0 spiro atoms. The van der Waals surface area contributed by atoms with Crippen molar-refractivity contribution in [2.24, 2.45) is 0 Å². The number of rotatable bonds is 6. The topological polar surface area (TPSA) is 65.1 Å². The number of nitrogens with zero attached hydrogens (tertiary/aromatic N) is 1. The highest BCUT2D eigenvalue weighted by atomic mass is 35.5. The first-order valence-corrected chi connectivity index (χ1v) is 9.54. The van der Waals surface area contributed by atoms with Crippen LogP contribution in [0.1, 0.15) is 11.1 Å². The first-order valence-electron chi connectivity index (χ1n) is 8.22. The van der Waals surface area contributed by atoms with Crippen LogP contribution in [0.4, 0.5) is 0 Å². The maximum Gasteiger partial charge on any atom is 0.331 e. The van der Waals surface area contributed by atoms with Gasteiger partial charge in [0.25, 0.3) is 5.91 Å². The van der Waals surface area contributed by atoms with E-state index in [4.69, 9.17) is 25.8 Å². The molecule has 0 N–H and O–H groups in total. The molecule has 1 amide bonds. The summed E-state index contributed by atoms with van der Waals surface area (Å²) in [6, 6.07) is 5.34. The van der Waals surface area contributed by atoms with Gasteiger partial charge in [0.2, 0.25) is 0 Å². The molecule has 8 heteroatoms. The minimum absolute atomic E-state index is 0.273. The number of ether oxygens (including phenoxy) is 3. The van der Waals surface area contributed by atoms with Gasteiger partial charge in [-0.1, -0.05) is 11.6 Å². The Morgan fingerprint density at radius 3 is 2.93 bits per heavy atom. The third kappa shape index (κ3) is 5.24. The Kier molecular flexibility index (Phi) is 6.36. The Morgan fingerprint density at radius 1 is 1.33 bits per heavy atom. The molecule has 3 rings (SSSR count). The van der Waals surface area contributed by atoms with Crippen molar-refractivity contribution in [3.05, 3.63) is 51.2 Å². The summed E-state index contributed by atoms with van der Waals surface area (Å²) in [4.78, 5) is 25.4.